The summed E-state index contributed by atoms with van der Waals surface area (Å²) in [5.41, 5.74) is -0.332. The third kappa shape index (κ3) is 4.68. The molecule has 170 valence electrons. The van der Waals surface area contributed by atoms with E-state index in [-0.39, 0.29) is 23.5 Å². The van der Waals surface area contributed by atoms with E-state index in [1.807, 2.05) is 0 Å². The molecule has 0 aliphatic carbocycles. The number of carbonyl (C=O) groups excluding carboxylic acids is 1. The molecule has 2 aromatic rings. The summed E-state index contributed by atoms with van der Waals surface area (Å²) in [6.07, 6.45) is -1.13. The van der Waals surface area contributed by atoms with E-state index in [9.17, 15) is 33.4 Å². The number of non-ortho nitro benzene ring substituents is 1. The number of anilines is 1. The Balaban J connectivity index is 1.94. The van der Waals surface area contributed by atoms with Gasteiger partial charge in [-0.3, -0.25) is 24.4 Å². The lowest BCUT2D eigenvalue weighted by Gasteiger charge is -2.24. The lowest BCUT2D eigenvalue weighted by Crippen LogP contribution is -2.37. The normalized spacial score (nSPS) is 18.4. The van der Waals surface area contributed by atoms with Crippen molar-refractivity contribution in [2.24, 2.45) is 0 Å². The molecule has 1 heterocycles. The van der Waals surface area contributed by atoms with E-state index in [1.165, 1.54) is 17.0 Å². The molecule has 0 spiro atoms. The topological polar surface area (TPSA) is 159 Å². The highest BCUT2D eigenvalue weighted by molar-refractivity contribution is 7.86. The van der Waals surface area contributed by atoms with Crippen molar-refractivity contribution < 1.29 is 32.0 Å². The van der Waals surface area contributed by atoms with E-state index in [1.54, 1.807) is 19.1 Å². The maximum Gasteiger partial charge on any atom is 0.328 e. The van der Waals surface area contributed by atoms with Crippen LogP contribution in [0.3, 0.4) is 0 Å². The summed E-state index contributed by atoms with van der Waals surface area (Å²) >= 11 is 0. The fourth-order valence-electron chi connectivity index (χ4n) is 3.45. The van der Waals surface area contributed by atoms with Gasteiger partial charge in [-0.25, -0.2) is 4.79 Å². The number of carbonyl (C=O) groups is 1. The molecule has 13 heteroatoms. The highest BCUT2D eigenvalue weighted by Crippen LogP contribution is 2.37. The zero-order valence-corrected chi connectivity index (χ0v) is 17.9. The molecule has 0 radical (unpaired) electrons. The standard InChI is InChI=1S/C19H19N3O9S/c1-12-3-6-15(7-4-12)32(28,29)31-14-10-18(19(23)30-2)20(11-14)16-8-5-13(21(24)25)9-17(16)22(26)27/h3-9,14,18H,10-11H2,1-2H3/t14?,18-/m0/s1. The van der Waals surface area contributed by atoms with E-state index >= 15 is 0 Å². The maximum absolute atomic E-state index is 12.6. The summed E-state index contributed by atoms with van der Waals surface area (Å²) in [4.78, 5) is 34.5. The molecule has 0 amide bonds. The molecule has 0 aromatic heterocycles. The molecule has 2 atom stereocenters. The third-order valence-corrected chi connectivity index (χ3v) is 6.36. The number of nitrogens with zero attached hydrogens (tertiary/aromatic N) is 3. The van der Waals surface area contributed by atoms with Gasteiger partial charge in [0.2, 0.25) is 0 Å². The number of nitro benzene ring substituents is 2. The fraction of sp³-hybridized carbons (Fsp3) is 0.316. The molecule has 1 aliphatic rings. The lowest BCUT2D eigenvalue weighted by molar-refractivity contribution is -0.393. The molecule has 0 N–H and O–H groups in total. The molecule has 1 saturated heterocycles. The van der Waals surface area contributed by atoms with E-state index in [4.69, 9.17) is 8.92 Å². The van der Waals surface area contributed by atoms with Crippen LogP contribution < -0.4 is 4.90 Å². The Kier molecular flexibility index (Phi) is 6.41. The summed E-state index contributed by atoms with van der Waals surface area (Å²) < 4.78 is 35.4. The van der Waals surface area contributed by atoms with Gasteiger partial charge in [-0.2, -0.15) is 8.42 Å². The lowest BCUT2D eigenvalue weighted by atomic mass is 10.1. The Labute approximate surface area is 182 Å². The molecule has 0 saturated carbocycles. The Hall–Kier alpha value is -3.58. The number of hydrogen-bond donors (Lipinski definition) is 0. The molecule has 0 bridgehead atoms. The van der Waals surface area contributed by atoms with E-state index in [0.29, 0.717) is 0 Å². The van der Waals surface area contributed by atoms with Crippen molar-refractivity contribution in [3.8, 4) is 0 Å². The van der Waals surface area contributed by atoms with Crippen LogP contribution in [0.2, 0.25) is 0 Å². The summed E-state index contributed by atoms with van der Waals surface area (Å²) in [7, 11) is -3.04. The van der Waals surface area contributed by atoms with Gasteiger partial charge in [0.15, 0.2) is 0 Å². The molecular weight excluding hydrogens is 446 g/mol. The monoisotopic (exact) mass is 465 g/mol. The highest BCUT2D eigenvalue weighted by atomic mass is 32.2. The minimum atomic E-state index is -4.17. The van der Waals surface area contributed by atoms with Gasteiger partial charge in [0, 0.05) is 19.0 Å². The predicted molar refractivity (Wildman–Crippen MR) is 111 cm³/mol. The van der Waals surface area contributed by atoms with Gasteiger partial charge in [0.1, 0.15) is 11.7 Å². The van der Waals surface area contributed by atoms with Crippen molar-refractivity contribution in [3.63, 3.8) is 0 Å². The van der Waals surface area contributed by atoms with Crippen LogP contribution >= 0.6 is 0 Å². The van der Waals surface area contributed by atoms with Gasteiger partial charge < -0.3 is 9.64 Å². The third-order valence-electron chi connectivity index (χ3n) is 4.98. The number of rotatable bonds is 7. The zero-order valence-electron chi connectivity index (χ0n) is 17.0. The van der Waals surface area contributed by atoms with Crippen LogP contribution in [0, 0.1) is 27.2 Å². The van der Waals surface area contributed by atoms with Crippen LogP contribution in [0.1, 0.15) is 12.0 Å². The van der Waals surface area contributed by atoms with E-state index < -0.39 is 49.5 Å². The van der Waals surface area contributed by atoms with E-state index in [2.05, 4.69) is 0 Å². The number of esters is 1. The number of aryl methyl sites for hydroxylation is 1. The Bertz CT molecular complexity index is 1170. The first-order chi connectivity index (χ1) is 15.0. The second kappa shape index (κ2) is 8.88. The summed E-state index contributed by atoms with van der Waals surface area (Å²) in [6, 6.07) is 7.88. The highest BCUT2D eigenvalue weighted by Gasteiger charge is 2.43. The molecule has 1 aliphatic heterocycles. The first-order valence-electron chi connectivity index (χ1n) is 9.30. The number of methoxy groups -OCH3 is 1. The SMILES string of the molecule is COC(=O)[C@@H]1CC(OS(=O)(=O)c2ccc(C)cc2)CN1c1ccc([N+](=O)[O-])cc1[N+](=O)[O-]. The average molecular weight is 465 g/mol. The van der Waals surface area contributed by atoms with Gasteiger partial charge in [0.05, 0.1) is 34.0 Å². The van der Waals surface area contributed by atoms with Gasteiger partial charge in [-0.15, -0.1) is 0 Å². The average Bonchev–Trinajstić information content (AvgIpc) is 3.15. The van der Waals surface area contributed by atoms with Crippen LogP contribution in [0.15, 0.2) is 47.4 Å². The molecule has 2 aromatic carbocycles. The number of ether oxygens (including phenoxy) is 1. The zero-order chi connectivity index (χ0) is 23.6. The Morgan fingerprint density at radius 1 is 1.09 bits per heavy atom. The first kappa shape index (κ1) is 23.1. The Morgan fingerprint density at radius 3 is 2.31 bits per heavy atom. The summed E-state index contributed by atoms with van der Waals surface area (Å²) in [5.74, 6) is -0.753. The second-order valence-electron chi connectivity index (χ2n) is 7.10. The smallest absolute Gasteiger partial charge is 0.328 e. The van der Waals surface area contributed by atoms with Crippen molar-refractivity contribution >= 4 is 33.1 Å². The van der Waals surface area contributed by atoms with Crippen molar-refractivity contribution in [2.45, 2.75) is 30.4 Å². The van der Waals surface area contributed by atoms with Crippen molar-refractivity contribution in [1.29, 1.82) is 0 Å². The molecular formula is C19H19N3O9S. The largest absolute Gasteiger partial charge is 0.467 e. The van der Waals surface area contributed by atoms with Gasteiger partial charge in [-0.05, 0) is 25.1 Å². The minimum absolute atomic E-state index is 0.0718. The Morgan fingerprint density at radius 2 is 1.75 bits per heavy atom. The molecule has 32 heavy (non-hydrogen) atoms. The number of benzene rings is 2. The molecule has 3 rings (SSSR count). The van der Waals surface area contributed by atoms with Crippen LogP contribution in [-0.2, 0) is 23.8 Å². The van der Waals surface area contributed by atoms with Gasteiger partial charge in [0.25, 0.3) is 21.5 Å². The van der Waals surface area contributed by atoms with Gasteiger partial charge in [-0.1, -0.05) is 17.7 Å². The molecule has 1 fully saturated rings. The predicted octanol–water partition coefficient (Wildman–Crippen LogP) is 2.34. The van der Waals surface area contributed by atoms with Gasteiger partial charge >= 0.3 is 5.97 Å². The summed E-state index contributed by atoms with van der Waals surface area (Å²) in [6.45, 7) is 1.60. The van der Waals surface area contributed by atoms with Crippen molar-refractivity contribution in [2.75, 3.05) is 18.6 Å². The van der Waals surface area contributed by atoms with Crippen LogP contribution in [-0.4, -0.2) is 50.0 Å². The van der Waals surface area contributed by atoms with Crippen LogP contribution in [0.25, 0.3) is 0 Å². The quantitative estimate of drug-likeness (QED) is 0.257. The number of nitro groups is 2. The van der Waals surface area contributed by atoms with E-state index in [0.717, 1.165) is 30.9 Å². The van der Waals surface area contributed by atoms with Crippen molar-refractivity contribution in [3.05, 3.63) is 68.3 Å². The molecule has 1 unspecified atom stereocenters. The second-order valence-corrected chi connectivity index (χ2v) is 8.67. The van der Waals surface area contributed by atoms with Crippen LogP contribution in [0.5, 0.6) is 0 Å². The van der Waals surface area contributed by atoms with Crippen LogP contribution in [0.4, 0.5) is 17.1 Å². The molecule has 12 nitrogen and oxygen atoms in total. The fourth-order valence-corrected chi connectivity index (χ4v) is 4.53. The first-order valence-corrected chi connectivity index (χ1v) is 10.7. The number of hydrogen-bond acceptors (Lipinski definition) is 10. The maximum atomic E-state index is 12.6. The van der Waals surface area contributed by atoms with Crippen molar-refractivity contribution in [1.82, 2.24) is 0 Å². The summed E-state index contributed by atoms with van der Waals surface area (Å²) in [5, 5.41) is 22.5. The minimum Gasteiger partial charge on any atom is -0.467 e.